The molecule has 1 aromatic rings. The monoisotopic (exact) mass is 303 g/mol. The second-order valence-electron chi connectivity index (χ2n) is 6.42. The van der Waals surface area contributed by atoms with E-state index in [1.165, 1.54) is 0 Å². The third-order valence-corrected chi connectivity index (χ3v) is 4.77. The second kappa shape index (κ2) is 6.60. The van der Waals surface area contributed by atoms with Crippen LogP contribution in [0.4, 0.5) is 5.82 Å². The Kier molecular flexibility index (Phi) is 4.57. The molecular weight excluding hydrogens is 278 g/mol. The van der Waals surface area contributed by atoms with E-state index in [-0.39, 0.29) is 5.92 Å². The molecule has 0 bridgehead atoms. The lowest BCUT2D eigenvalue weighted by atomic mass is 9.95. The molecule has 2 saturated heterocycles. The van der Waals surface area contributed by atoms with Crippen LogP contribution in [0.25, 0.3) is 0 Å². The molecule has 0 aliphatic carbocycles. The Morgan fingerprint density at radius 3 is 2.32 bits per heavy atom. The summed E-state index contributed by atoms with van der Waals surface area (Å²) in [5.41, 5.74) is 0.934. The van der Waals surface area contributed by atoms with Gasteiger partial charge in [-0.05, 0) is 38.9 Å². The molecule has 0 radical (unpaired) electrons. The molecule has 0 N–H and O–H groups in total. The third kappa shape index (κ3) is 3.38. The fourth-order valence-corrected chi connectivity index (χ4v) is 3.20. The maximum absolute atomic E-state index is 12.6. The van der Waals surface area contributed by atoms with Crippen molar-refractivity contribution in [2.45, 2.75) is 19.8 Å². The number of carbonyl (C=O) groups is 1. The molecule has 1 aromatic heterocycles. The summed E-state index contributed by atoms with van der Waals surface area (Å²) < 4.78 is 0. The zero-order valence-corrected chi connectivity index (χ0v) is 13.5. The van der Waals surface area contributed by atoms with Gasteiger partial charge in [-0.3, -0.25) is 4.79 Å². The standard InChI is InChI=1S/C16H25N5O/c1-13-3-4-15(18-17-13)20-7-5-14(6-8-20)16(22)21-11-9-19(2)10-12-21/h3-4,14H,5-12H2,1-2H3. The lowest BCUT2D eigenvalue weighted by Gasteiger charge is -2.37. The number of hydrogen-bond acceptors (Lipinski definition) is 5. The van der Waals surface area contributed by atoms with Crippen molar-refractivity contribution in [1.82, 2.24) is 20.0 Å². The average molecular weight is 303 g/mol. The molecule has 0 saturated carbocycles. The molecule has 1 amide bonds. The molecule has 2 aliphatic heterocycles. The van der Waals surface area contributed by atoms with Crippen LogP contribution < -0.4 is 4.90 Å². The van der Waals surface area contributed by atoms with Gasteiger partial charge in [0.1, 0.15) is 0 Å². The van der Waals surface area contributed by atoms with Crippen molar-refractivity contribution in [3.63, 3.8) is 0 Å². The molecule has 3 heterocycles. The van der Waals surface area contributed by atoms with Crippen LogP contribution in [0.3, 0.4) is 0 Å². The van der Waals surface area contributed by atoms with Crippen molar-refractivity contribution in [3.8, 4) is 0 Å². The van der Waals surface area contributed by atoms with E-state index in [0.717, 1.165) is 63.6 Å². The number of amides is 1. The van der Waals surface area contributed by atoms with Crippen LogP contribution in [0.5, 0.6) is 0 Å². The highest BCUT2D eigenvalue weighted by atomic mass is 16.2. The van der Waals surface area contributed by atoms with Crippen molar-refractivity contribution >= 4 is 11.7 Å². The molecular formula is C16H25N5O. The van der Waals surface area contributed by atoms with E-state index in [4.69, 9.17) is 0 Å². The lowest BCUT2D eigenvalue weighted by molar-refractivity contribution is -0.137. The Labute approximate surface area is 132 Å². The number of anilines is 1. The highest BCUT2D eigenvalue weighted by molar-refractivity contribution is 5.79. The minimum absolute atomic E-state index is 0.179. The molecule has 6 nitrogen and oxygen atoms in total. The Bertz CT molecular complexity index is 502. The number of rotatable bonds is 2. The van der Waals surface area contributed by atoms with Gasteiger partial charge in [-0.1, -0.05) is 0 Å². The zero-order chi connectivity index (χ0) is 15.5. The van der Waals surface area contributed by atoms with Crippen molar-refractivity contribution in [2.24, 2.45) is 5.92 Å². The van der Waals surface area contributed by atoms with Gasteiger partial charge >= 0.3 is 0 Å². The summed E-state index contributed by atoms with van der Waals surface area (Å²) in [6, 6.07) is 4.01. The van der Waals surface area contributed by atoms with Gasteiger partial charge in [-0.15, -0.1) is 5.10 Å². The van der Waals surface area contributed by atoms with Gasteiger partial charge in [0.05, 0.1) is 5.69 Å². The van der Waals surface area contributed by atoms with E-state index in [1.807, 2.05) is 24.0 Å². The Hall–Kier alpha value is -1.69. The van der Waals surface area contributed by atoms with Gasteiger partial charge in [0.15, 0.2) is 5.82 Å². The third-order valence-electron chi connectivity index (χ3n) is 4.77. The van der Waals surface area contributed by atoms with E-state index in [0.29, 0.717) is 5.91 Å². The number of carbonyl (C=O) groups excluding carboxylic acids is 1. The minimum Gasteiger partial charge on any atom is -0.355 e. The Morgan fingerprint density at radius 1 is 1.05 bits per heavy atom. The molecule has 3 rings (SSSR count). The molecule has 6 heteroatoms. The van der Waals surface area contributed by atoms with Gasteiger partial charge < -0.3 is 14.7 Å². The first-order chi connectivity index (χ1) is 10.6. The van der Waals surface area contributed by atoms with Crippen molar-refractivity contribution in [3.05, 3.63) is 17.8 Å². The van der Waals surface area contributed by atoms with E-state index in [9.17, 15) is 4.79 Å². The minimum atomic E-state index is 0.179. The summed E-state index contributed by atoms with van der Waals surface area (Å²) in [7, 11) is 2.11. The fraction of sp³-hybridized carbons (Fsp3) is 0.688. The lowest BCUT2D eigenvalue weighted by Crippen LogP contribution is -2.50. The molecule has 0 aromatic carbocycles. The first-order valence-electron chi connectivity index (χ1n) is 8.16. The molecule has 2 aliphatic rings. The van der Waals surface area contributed by atoms with Crippen LogP contribution in [-0.4, -0.2) is 72.2 Å². The highest BCUT2D eigenvalue weighted by Crippen LogP contribution is 2.23. The van der Waals surface area contributed by atoms with E-state index >= 15 is 0 Å². The van der Waals surface area contributed by atoms with Gasteiger partial charge in [-0.2, -0.15) is 5.10 Å². The maximum atomic E-state index is 12.6. The van der Waals surface area contributed by atoms with Crippen LogP contribution >= 0.6 is 0 Å². The topological polar surface area (TPSA) is 52.6 Å². The second-order valence-corrected chi connectivity index (χ2v) is 6.42. The van der Waals surface area contributed by atoms with Crippen molar-refractivity contribution < 1.29 is 4.79 Å². The number of piperidine rings is 1. The quantitative estimate of drug-likeness (QED) is 0.808. The normalized spacial score (nSPS) is 21.2. The van der Waals surface area contributed by atoms with E-state index in [2.05, 4.69) is 27.0 Å². The van der Waals surface area contributed by atoms with Gasteiger partial charge in [0, 0.05) is 45.2 Å². The van der Waals surface area contributed by atoms with Crippen molar-refractivity contribution in [2.75, 3.05) is 51.2 Å². The summed E-state index contributed by atoms with van der Waals surface area (Å²) >= 11 is 0. The first kappa shape index (κ1) is 15.2. The van der Waals surface area contributed by atoms with E-state index < -0.39 is 0 Å². The van der Waals surface area contributed by atoms with Crippen LogP contribution in [0.2, 0.25) is 0 Å². The SMILES string of the molecule is Cc1ccc(N2CCC(C(=O)N3CCN(C)CC3)CC2)nn1. The van der Waals surface area contributed by atoms with Crippen LogP contribution in [-0.2, 0) is 4.79 Å². The summed E-state index contributed by atoms with van der Waals surface area (Å²) in [6.07, 6.45) is 1.83. The maximum Gasteiger partial charge on any atom is 0.225 e. The molecule has 0 atom stereocenters. The van der Waals surface area contributed by atoms with Crippen LogP contribution in [0, 0.1) is 12.8 Å². The molecule has 120 valence electrons. The van der Waals surface area contributed by atoms with E-state index in [1.54, 1.807) is 0 Å². The molecule has 22 heavy (non-hydrogen) atoms. The molecule has 2 fully saturated rings. The number of nitrogens with zero attached hydrogens (tertiary/aromatic N) is 5. The smallest absolute Gasteiger partial charge is 0.225 e. The number of aromatic nitrogens is 2. The fourth-order valence-electron chi connectivity index (χ4n) is 3.20. The largest absolute Gasteiger partial charge is 0.355 e. The Balaban J connectivity index is 1.53. The average Bonchev–Trinajstić information content (AvgIpc) is 2.56. The predicted molar refractivity (Wildman–Crippen MR) is 85.8 cm³/mol. The number of hydrogen-bond donors (Lipinski definition) is 0. The zero-order valence-electron chi connectivity index (χ0n) is 13.5. The molecule has 0 unspecified atom stereocenters. The highest BCUT2D eigenvalue weighted by Gasteiger charge is 2.30. The van der Waals surface area contributed by atoms with Crippen LogP contribution in [0.1, 0.15) is 18.5 Å². The van der Waals surface area contributed by atoms with Crippen molar-refractivity contribution in [1.29, 1.82) is 0 Å². The predicted octanol–water partition coefficient (Wildman–Crippen LogP) is 0.775. The summed E-state index contributed by atoms with van der Waals surface area (Å²) in [5, 5.41) is 8.36. The number of likely N-dealkylation sites (N-methyl/N-ethyl adjacent to an activating group) is 1. The molecule has 0 spiro atoms. The van der Waals surface area contributed by atoms with Gasteiger partial charge in [0.25, 0.3) is 0 Å². The summed E-state index contributed by atoms with van der Waals surface area (Å²) in [5.74, 6) is 1.46. The van der Waals surface area contributed by atoms with Gasteiger partial charge in [0.2, 0.25) is 5.91 Å². The Morgan fingerprint density at radius 2 is 1.73 bits per heavy atom. The van der Waals surface area contributed by atoms with Crippen LogP contribution in [0.15, 0.2) is 12.1 Å². The summed E-state index contributed by atoms with van der Waals surface area (Å²) in [6.45, 7) is 7.45. The first-order valence-corrected chi connectivity index (χ1v) is 8.16. The summed E-state index contributed by atoms with van der Waals surface area (Å²) in [4.78, 5) is 19.2. The number of aryl methyl sites for hydroxylation is 1. The number of piperazine rings is 1. The van der Waals surface area contributed by atoms with Gasteiger partial charge in [-0.25, -0.2) is 0 Å².